The first-order chi connectivity index (χ1) is 22.3. The molecule has 0 saturated carbocycles. The van der Waals surface area contributed by atoms with Crippen LogP contribution in [-0.4, -0.2) is 57.5 Å². The molecule has 2 fully saturated rings. The summed E-state index contributed by atoms with van der Waals surface area (Å²) in [5.74, 6) is -0.711. The minimum absolute atomic E-state index is 0.0477. The highest BCUT2D eigenvalue weighted by atomic mass is 32.1. The summed E-state index contributed by atoms with van der Waals surface area (Å²) >= 11 is 1.51. The van der Waals surface area contributed by atoms with Crippen molar-refractivity contribution in [3.05, 3.63) is 82.1 Å². The van der Waals surface area contributed by atoms with Gasteiger partial charge in [-0.1, -0.05) is 18.2 Å². The number of halogens is 3. The molecule has 4 heterocycles. The van der Waals surface area contributed by atoms with E-state index in [9.17, 15) is 32.7 Å². The number of alkyl halides is 3. The third kappa shape index (κ3) is 7.14. The van der Waals surface area contributed by atoms with Crippen molar-refractivity contribution < 1.29 is 32.7 Å². The zero-order valence-corrected chi connectivity index (χ0v) is 26.5. The number of hydrogen-bond donors (Lipinski definition) is 3. The first kappa shape index (κ1) is 32.5. The molecule has 0 bridgehead atoms. The Morgan fingerprint density at radius 2 is 1.83 bits per heavy atom. The van der Waals surface area contributed by atoms with Gasteiger partial charge in [-0.2, -0.15) is 13.2 Å². The van der Waals surface area contributed by atoms with E-state index in [-0.39, 0.29) is 23.8 Å². The molecule has 47 heavy (non-hydrogen) atoms. The fraction of sp³-hybridized carbons (Fsp3) is 0.364. The number of amides is 4. The van der Waals surface area contributed by atoms with Gasteiger partial charge in [0.25, 0.3) is 5.91 Å². The van der Waals surface area contributed by atoms with E-state index in [2.05, 4.69) is 20.5 Å². The number of nitrogens with zero attached hydrogens (tertiary/aromatic N) is 4. The number of likely N-dealkylation sites (tertiary alicyclic amines) is 1. The average Bonchev–Trinajstić information content (AvgIpc) is 3.44. The summed E-state index contributed by atoms with van der Waals surface area (Å²) in [6, 6.07) is 12.6. The third-order valence-electron chi connectivity index (χ3n) is 8.43. The fourth-order valence-corrected chi connectivity index (χ4v) is 7.10. The second-order valence-corrected chi connectivity index (χ2v) is 13.4. The number of fused-ring (bicyclic) bond motifs is 1. The number of carbonyl (C=O) groups is 3. The molecular weight excluding hydrogens is 633 g/mol. The zero-order chi connectivity index (χ0) is 33.5. The molecular formula is C33H33F3N6O4S. The Hall–Kier alpha value is -4.40. The van der Waals surface area contributed by atoms with Crippen LogP contribution in [0.25, 0.3) is 10.2 Å². The van der Waals surface area contributed by atoms with Crippen LogP contribution in [0.2, 0.25) is 0 Å². The predicted octanol–water partition coefficient (Wildman–Crippen LogP) is 6.02. The van der Waals surface area contributed by atoms with Gasteiger partial charge in [-0.3, -0.25) is 29.7 Å². The van der Waals surface area contributed by atoms with E-state index in [1.165, 1.54) is 11.3 Å². The number of pyridine rings is 1. The predicted molar refractivity (Wildman–Crippen MR) is 171 cm³/mol. The number of carbonyl (C=O) groups excluding carboxylic acids is 3. The van der Waals surface area contributed by atoms with Crippen LogP contribution in [0.3, 0.4) is 0 Å². The molecule has 0 radical (unpaired) electrons. The van der Waals surface area contributed by atoms with Crippen molar-refractivity contribution in [3.8, 4) is 0 Å². The molecule has 3 N–H and O–H groups in total. The van der Waals surface area contributed by atoms with E-state index >= 15 is 0 Å². The zero-order valence-electron chi connectivity index (χ0n) is 25.7. The normalized spacial score (nSPS) is 16.9. The number of hydrogen-bond acceptors (Lipinski definition) is 8. The van der Waals surface area contributed by atoms with Gasteiger partial charge < -0.3 is 10.4 Å². The molecule has 10 nitrogen and oxygen atoms in total. The molecule has 2 aliphatic heterocycles. The van der Waals surface area contributed by atoms with Crippen LogP contribution in [0.5, 0.6) is 0 Å². The van der Waals surface area contributed by atoms with Crippen molar-refractivity contribution in [1.82, 2.24) is 20.2 Å². The number of imide groups is 1. The summed E-state index contributed by atoms with van der Waals surface area (Å²) in [6.45, 7) is 5.80. The molecule has 0 atom stereocenters. The third-order valence-corrected chi connectivity index (χ3v) is 9.62. The topological polar surface area (TPSA) is 128 Å². The van der Waals surface area contributed by atoms with Crippen LogP contribution in [0.15, 0.2) is 54.7 Å². The molecule has 4 amide bonds. The van der Waals surface area contributed by atoms with Crippen LogP contribution >= 0.6 is 11.3 Å². The molecule has 2 aliphatic rings. The van der Waals surface area contributed by atoms with Gasteiger partial charge in [-0.05, 0) is 75.7 Å². The second kappa shape index (κ2) is 12.7. The molecule has 246 valence electrons. The summed E-state index contributed by atoms with van der Waals surface area (Å²) in [6.07, 6.45) is -1.75. The van der Waals surface area contributed by atoms with Crippen molar-refractivity contribution in [2.45, 2.75) is 57.3 Å². The number of aliphatic hydroxyl groups is 1. The number of aromatic nitrogens is 2. The van der Waals surface area contributed by atoms with Gasteiger partial charge in [0.2, 0.25) is 5.91 Å². The lowest BCUT2D eigenvalue weighted by Crippen LogP contribution is -2.50. The molecule has 0 aliphatic carbocycles. The quantitative estimate of drug-likeness (QED) is 0.220. The number of piperidine rings is 1. The van der Waals surface area contributed by atoms with Crippen molar-refractivity contribution in [2.75, 3.05) is 29.9 Å². The molecule has 2 aromatic heterocycles. The summed E-state index contributed by atoms with van der Waals surface area (Å²) in [4.78, 5) is 49.3. The van der Waals surface area contributed by atoms with E-state index in [1.807, 2.05) is 24.3 Å². The van der Waals surface area contributed by atoms with E-state index in [0.717, 1.165) is 65.2 Å². The molecule has 2 aromatic carbocycles. The van der Waals surface area contributed by atoms with E-state index in [1.54, 1.807) is 30.9 Å². The van der Waals surface area contributed by atoms with Crippen molar-refractivity contribution >= 4 is 50.8 Å². The van der Waals surface area contributed by atoms with E-state index in [4.69, 9.17) is 4.98 Å². The minimum Gasteiger partial charge on any atom is -0.386 e. The van der Waals surface area contributed by atoms with E-state index < -0.39 is 29.4 Å². The number of anilines is 2. The van der Waals surface area contributed by atoms with Gasteiger partial charge in [0.1, 0.15) is 5.69 Å². The second-order valence-electron chi connectivity index (χ2n) is 12.3. The molecule has 2 saturated heterocycles. The van der Waals surface area contributed by atoms with Gasteiger partial charge in [-0.15, -0.1) is 11.3 Å². The minimum atomic E-state index is -4.62. The lowest BCUT2D eigenvalue weighted by Gasteiger charge is -2.33. The first-order valence-corrected chi connectivity index (χ1v) is 16.0. The van der Waals surface area contributed by atoms with Crippen molar-refractivity contribution in [1.29, 1.82) is 0 Å². The Balaban J connectivity index is 1.16. The molecule has 0 spiro atoms. The molecule has 14 heteroatoms. The Kier molecular flexibility index (Phi) is 8.76. The maximum Gasteiger partial charge on any atom is 0.433 e. The summed E-state index contributed by atoms with van der Waals surface area (Å²) in [5.41, 5.74) is 0.776. The van der Waals surface area contributed by atoms with Gasteiger partial charge in [-0.25, -0.2) is 9.78 Å². The van der Waals surface area contributed by atoms with Gasteiger partial charge in [0, 0.05) is 48.6 Å². The lowest BCUT2D eigenvalue weighted by atomic mass is 9.95. The van der Waals surface area contributed by atoms with Crippen molar-refractivity contribution in [2.24, 2.45) is 0 Å². The Labute approximate surface area is 272 Å². The number of rotatable bonds is 7. The highest BCUT2D eigenvalue weighted by Gasteiger charge is 2.33. The Morgan fingerprint density at radius 1 is 1.09 bits per heavy atom. The smallest absolute Gasteiger partial charge is 0.386 e. The molecule has 0 unspecified atom stereocenters. The Morgan fingerprint density at radius 3 is 2.49 bits per heavy atom. The maximum absolute atomic E-state index is 13.0. The fourth-order valence-electron chi connectivity index (χ4n) is 5.95. The van der Waals surface area contributed by atoms with E-state index in [0.29, 0.717) is 29.9 Å². The van der Waals surface area contributed by atoms with Crippen LogP contribution in [0, 0.1) is 0 Å². The highest BCUT2D eigenvalue weighted by molar-refractivity contribution is 7.18. The molecule has 4 aromatic rings. The Bertz CT molecular complexity index is 1830. The first-order valence-electron chi connectivity index (χ1n) is 15.2. The average molecular weight is 667 g/mol. The van der Waals surface area contributed by atoms with Gasteiger partial charge in [0.15, 0.2) is 0 Å². The highest BCUT2D eigenvalue weighted by Crippen LogP contribution is 2.39. The summed E-state index contributed by atoms with van der Waals surface area (Å²) in [7, 11) is 0. The maximum atomic E-state index is 13.0. The number of nitrogens with one attached hydrogen (secondary N) is 2. The van der Waals surface area contributed by atoms with Crippen LogP contribution in [0.1, 0.15) is 71.2 Å². The lowest BCUT2D eigenvalue weighted by molar-refractivity contribution is -0.141. The number of para-hydroxylation sites is 1. The largest absolute Gasteiger partial charge is 0.433 e. The van der Waals surface area contributed by atoms with Crippen LogP contribution < -0.4 is 15.5 Å². The monoisotopic (exact) mass is 666 g/mol. The summed E-state index contributed by atoms with van der Waals surface area (Å²) in [5, 5.41) is 17.0. The van der Waals surface area contributed by atoms with Crippen molar-refractivity contribution in [3.63, 3.8) is 0 Å². The molecule has 6 rings (SSSR count). The van der Waals surface area contributed by atoms with Gasteiger partial charge >= 0.3 is 12.2 Å². The van der Waals surface area contributed by atoms with Crippen LogP contribution in [-0.2, 0) is 23.1 Å². The number of thiazole rings is 1. The van der Waals surface area contributed by atoms with Crippen LogP contribution in [0.4, 0.5) is 29.3 Å². The standard InChI is InChI=1S/C33H33F3N6O4S/c1-32(2,46)22-15-24-26(16-23(22)38-29(44)20-7-8-27(37-17-20)33(34,35)36)47-30(39-24)19-9-12-41(13-10-19)18-21-5-3-4-6-25(21)42-14-11-28(43)40-31(42)45/h3-8,15-17,19,46H,9-14,18H2,1-2H3,(H,38,44)(H,40,43,45). The number of urea groups is 1. The SMILES string of the molecule is CC(C)(O)c1cc2nc(C3CCN(Cc4ccccc4N4CCC(=O)NC4=O)CC3)sc2cc1NC(=O)c1ccc(C(F)(F)F)nc1. The number of benzene rings is 2. The summed E-state index contributed by atoms with van der Waals surface area (Å²) < 4.78 is 39.6. The van der Waals surface area contributed by atoms with Gasteiger partial charge in [0.05, 0.1) is 26.4 Å².